The van der Waals surface area contributed by atoms with E-state index in [1.807, 2.05) is 12.3 Å². The second kappa shape index (κ2) is 6.66. The van der Waals surface area contributed by atoms with E-state index < -0.39 is 5.89 Å². The Morgan fingerprint density at radius 3 is 2.70 bits per heavy atom. The molecule has 0 unspecified atom stereocenters. The fraction of sp³-hybridized carbons (Fsp3) is 0.259. The Kier molecular flexibility index (Phi) is 3.68. The Balaban J connectivity index is 1.61. The maximum absolute atomic E-state index is 8.88. The van der Waals surface area contributed by atoms with E-state index in [9.17, 15) is 0 Å². The van der Waals surface area contributed by atoms with Crippen molar-refractivity contribution in [2.75, 3.05) is 0 Å². The van der Waals surface area contributed by atoms with Crippen LogP contribution in [0, 0.1) is 6.92 Å². The molecule has 1 fully saturated rings. The van der Waals surface area contributed by atoms with E-state index in [1.54, 1.807) is 0 Å². The van der Waals surface area contributed by atoms with E-state index >= 15 is 0 Å². The van der Waals surface area contributed by atoms with Crippen molar-refractivity contribution in [3.05, 3.63) is 72.1 Å². The van der Waals surface area contributed by atoms with Gasteiger partial charge in [-0.3, -0.25) is 0 Å². The Hall–Kier alpha value is -3.20. The van der Waals surface area contributed by atoms with Crippen LogP contribution in [0.1, 0.15) is 44.1 Å². The third-order valence-corrected chi connectivity index (χ3v) is 6.60. The van der Waals surface area contributed by atoms with Crippen LogP contribution in [-0.4, -0.2) is 4.98 Å². The first-order valence-corrected chi connectivity index (χ1v) is 10.8. The molecule has 1 saturated carbocycles. The van der Waals surface area contributed by atoms with Crippen molar-refractivity contribution in [3.63, 3.8) is 0 Å². The lowest BCUT2D eigenvalue weighted by atomic mass is 9.96. The van der Waals surface area contributed by atoms with Gasteiger partial charge in [0, 0.05) is 30.0 Å². The van der Waals surface area contributed by atoms with Gasteiger partial charge in [0.2, 0.25) is 11.4 Å². The van der Waals surface area contributed by atoms with E-state index in [4.69, 9.17) is 5.79 Å². The van der Waals surface area contributed by atoms with Gasteiger partial charge in [-0.2, -0.15) is 0 Å². The number of furan rings is 1. The average molecular weight is 395 g/mol. The van der Waals surface area contributed by atoms with Gasteiger partial charge in [-0.25, -0.2) is 9.55 Å². The molecule has 3 heteroatoms. The second-order valence-electron chi connectivity index (χ2n) is 8.49. The molecule has 0 aliphatic heterocycles. The Morgan fingerprint density at radius 2 is 1.87 bits per heavy atom. The second-order valence-corrected chi connectivity index (χ2v) is 8.49. The van der Waals surface area contributed by atoms with Crippen LogP contribution in [0.15, 0.2) is 65.3 Å². The molecule has 0 spiro atoms. The minimum Gasteiger partial charge on any atom is -0.437 e. The number of aromatic nitrogens is 2. The molecule has 1 aliphatic carbocycles. The molecule has 0 atom stereocenters. The molecule has 6 rings (SSSR count). The van der Waals surface area contributed by atoms with E-state index in [2.05, 4.69) is 72.2 Å². The fourth-order valence-electron chi connectivity index (χ4n) is 5.05. The molecule has 5 aromatic rings. The molecule has 0 radical (unpaired) electrons. The van der Waals surface area contributed by atoms with Crippen LogP contribution in [0.25, 0.3) is 44.1 Å². The molecular formula is C27H25N2O+. The molecule has 148 valence electrons. The number of pyridine rings is 2. The minimum absolute atomic E-state index is 0.445. The highest BCUT2D eigenvalue weighted by Crippen LogP contribution is 2.39. The van der Waals surface area contributed by atoms with E-state index in [-0.39, 0.29) is 0 Å². The maximum Gasteiger partial charge on any atom is 0.227 e. The molecule has 2 aromatic carbocycles. The van der Waals surface area contributed by atoms with Crippen molar-refractivity contribution < 1.29 is 10.4 Å². The third-order valence-electron chi connectivity index (χ3n) is 6.60. The minimum atomic E-state index is -0.445. The number of hydrogen-bond donors (Lipinski definition) is 0. The average Bonchev–Trinajstić information content (AvgIpc) is 3.38. The lowest BCUT2D eigenvalue weighted by Crippen LogP contribution is -2.31. The van der Waals surface area contributed by atoms with Crippen LogP contribution in [0.5, 0.6) is 0 Å². The highest BCUT2D eigenvalue weighted by Gasteiger charge is 2.24. The first-order chi connectivity index (χ1) is 15.0. The molecule has 3 nitrogen and oxygen atoms in total. The molecule has 30 heavy (non-hydrogen) atoms. The van der Waals surface area contributed by atoms with Gasteiger partial charge in [0.25, 0.3) is 0 Å². The first-order valence-electron chi connectivity index (χ1n) is 11.3. The largest absolute Gasteiger partial charge is 0.437 e. The molecule has 0 bridgehead atoms. The van der Waals surface area contributed by atoms with Gasteiger partial charge in [0.05, 0.1) is 10.9 Å². The lowest BCUT2D eigenvalue weighted by molar-refractivity contribution is -0.660. The number of hydrogen-bond acceptors (Lipinski definition) is 2. The van der Waals surface area contributed by atoms with Crippen molar-refractivity contribution in [2.45, 2.75) is 38.5 Å². The molecule has 3 aromatic heterocycles. The first kappa shape index (κ1) is 16.6. The van der Waals surface area contributed by atoms with Gasteiger partial charge in [-0.05, 0) is 42.7 Å². The van der Waals surface area contributed by atoms with Crippen molar-refractivity contribution in [1.82, 2.24) is 4.98 Å². The van der Waals surface area contributed by atoms with Gasteiger partial charge < -0.3 is 4.42 Å². The summed E-state index contributed by atoms with van der Waals surface area (Å²) in [5.41, 5.74) is 6.02. The molecule has 3 heterocycles. The van der Waals surface area contributed by atoms with Gasteiger partial charge in [-0.15, -0.1) is 0 Å². The van der Waals surface area contributed by atoms with Gasteiger partial charge in [0.15, 0.2) is 11.8 Å². The van der Waals surface area contributed by atoms with Crippen molar-refractivity contribution in [3.8, 4) is 11.3 Å². The topological polar surface area (TPSA) is 29.9 Å². The van der Waals surface area contributed by atoms with E-state index in [0.29, 0.717) is 5.71 Å². The van der Waals surface area contributed by atoms with Crippen molar-refractivity contribution >= 4 is 32.8 Å². The van der Waals surface area contributed by atoms with Crippen molar-refractivity contribution in [2.24, 2.45) is 7.05 Å². The number of fused-ring (bicyclic) bond motifs is 5. The van der Waals surface area contributed by atoms with Gasteiger partial charge >= 0.3 is 0 Å². The quantitative estimate of drug-likeness (QED) is 0.316. The normalized spacial score (nSPS) is 16.5. The third kappa shape index (κ3) is 2.58. The van der Waals surface area contributed by atoms with Crippen LogP contribution < -0.4 is 4.57 Å². The lowest BCUT2D eigenvalue weighted by Gasteiger charge is -2.10. The molecular weight excluding hydrogens is 368 g/mol. The van der Waals surface area contributed by atoms with Crippen LogP contribution in [0.3, 0.4) is 0 Å². The van der Waals surface area contributed by atoms with E-state index in [1.165, 1.54) is 5.56 Å². The Morgan fingerprint density at radius 1 is 1.03 bits per heavy atom. The van der Waals surface area contributed by atoms with Crippen molar-refractivity contribution in [1.29, 1.82) is 0 Å². The predicted octanol–water partition coefficient (Wildman–Crippen LogP) is 6.59. The van der Waals surface area contributed by atoms with Crippen LogP contribution in [0.2, 0.25) is 0 Å². The smallest absolute Gasteiger partial charge is 0.227 e. The summed E-state index contributed by atoms with van der Waals surface area (Å²) in [6.45, 7) is 2.13. The number of benzene rings is 2. The summed E-state index contributed by atoms with van der Waals surface area (Å²) in [6, 6.07) is 17.0. The zero-order valence-corrected chi connectivity index (χ0v) is 17.4. The molecule has 0 saturated heterocycles. The van der Waals surface area contributed by atoms with Crippen LogP contribution in [-0.2, 0) is 7.05 Å². The zero-order valence-electron chi connectivity index (χ0n) is 18.4. The van der Waals surface area contributed by atoms with Gasteiger partial charge in [-0.1, -0.05) is 49.2 Å². The SMILES string of the molecule is [2H]C1(c2ccc(-c3c(C)ccc4c3oc3ncc5ccccc5c34)[n+](C)c2)CCCC1. The summed E-state index contributed by atoms with van der Waals surface area (Å²) in [6.07, 6.45) is 8.21. The Labute approximate surface area is 177 Å². The summed E-state index contributed by atoms with van der Waals surface area (Å²) in [4.78, 5) is 4.61. The molecule has 0 amide bonds. The number of aryl methyl sites for hydroxylation is 2. The summed E-state index contributed by atoms with van der Waals surface area (Å²) >= 11 is 0. The monoisotopic (exact) mass is 394 g/mol. The number of nitrogens with zero attached hydrogens (tertiary/aromatic N) is 2. The van der Waals surface area contributed by atoms with Crippen LogP contribution in [0.4, 0.5) is 0 Å². The maximum atomic E-state index is 8.88. The molecule has 1 aliphatic rings. The summed E-state index contributed by atoms with van der Waals surface area (Å²) in [7, 11) is 2.08. The summed E-state index contributed by atoms with van der Waals surface area (Å²) in [5.74, 6) is -0.445. The Bertz CT molecular complexity index is 1480. The predicted molar refractivity (Wildman–Crippen MR) is 122 cm³/mol. The zero-order chi connectivity index (χ0) is 21.2. The van der Waals surface area contributed by atoms with Gasteiger partial charge in [0.1, 0.15) is 7.05 Å². The highest BCUT2D eigenvalue weighted by atomic mass is 16.3. The highest BCUT2D eigenvalue weighted by molar-refractivity contribution is 6.19. The summed E-state index contributed by atoms with van der Waals surface area (Å²) < 4.78 is 17.4. The number of rotatable bonds is 2. The fourth-order valence-corrected chi connectivity index (χ4v) is 5.05. The standard InChI is InChI=1S/C27H25N2O/c1-17-11-13-22-25-21-10-6-5-9-19(21)15-28-27(25)30-26(22)24(17)23-14-12-20(16-29(23)2)18-7-3-4-8-18/h5-6,9-16,18H,3-4,7-8H2,1-2H3/q+1/i18D. The molecule has 0 N–H and O–H groups in total. The van der Waals surface area contributed by atoms with Crippen LogP contribution >= 0.6 is 0 Å². The van der Waals surface area contributed by atoms with E-state index in [0.717, 1.165) is 69.6 Å². The summed E-state index contributed by atoms with van der Waals surface area (Å²) in [5, 5.41) is 4.45.